The van der Waals surface area contributed by atoms with Crippen LogP contribution in [-0.2, 0) is 30.5 Å². The normalized spacial score (nSPS) is 17.7. The van der Waals surface area contributed by atoms with Gasteiger partial charge in [-0.2, -0.15) is 0 Å². The van der Waals surface area contributed by atoms with Crippen LogP contribution in [0.5, 0.6) is 5.75 Å². The number of nitrogens with one attached hydrogen (secondary N) is 4. The Bertz CT molecular complexity index is 2960. The fraction of sp³-hybridized carbons (Fsp3) is 0.533. The molecule has 5 amide bonds. The van der Waals surface area contributed by atoms with Crippen molar-refractivity contribution in [2.24, 2.45) is 5.41 Å². The van der Waals surface area contributed by atoms with E-state index in [2.05, 4.69) is 46.0 Å². The van der Waals surface area contributed by atoms with Crippen LogP contribution in [0.4, 0.5) is 21.6 Å². The van der Waals surface area contributed by atoms with E-state index in [1.807, 2.05) is 62.4 Å². The van der Waals surface area contributed by atoms with Gasteiger partial charge in [0.1, 0.15) is 35.8 Å². The van der Waals surface area contributed by atoms with Crippen molar-refractivity contribution in [3.05, 3.63) is 88.5 Å². The second kappa shape index (κ2) is 28.6. The van der Waals surface area contributed by atoms with Crippen LogP contribution in [0.25, 0.3) is 21.3 Å². The van der Waals surface area contributed by atoms with Crippen LogP contribution in [0.1, 0.15) is 115 Å². The number of unbranched alkanes of at least 4 members (excludes halogenated alkanes) is 5. The first-order valence-corrected chi connectivity index (χ1v) is 29.8. The fourth-order valence-corrected chi connectivity index (χ4v) is 12.1. The van der Waals surface area contributed by atoms with Crippen molar-refractivity contribution in [1.29, 1.82) is 0 Å². The summed E-state index contributed by atoms with van der Waals surface area (Å²) in [5.74, 6) is -0.412. The van der Waals surface area contributed by atoms with Gasteiger partial charge >= 0.3 is 0 Å². The molecule has 8 rings (SSSR count). The lowest BCUT2D eigenvalue weighted by molar-refractivity contribution is -0.144. The molecule has 3 aliphatic rings. The van der Waals surface area contributed by atoms with E-state index in [1.54, 1.807) is 29.5 Å². The molecule has 21 heteroatoms. The zero-order valence-electron chi connectivity index (χ0n) is 47.4. The van der Waals surface area contributed by atoms with Crippen molar-refractivity contribution >= 4 is 80.6 Å². The number of hydrogen-bond donors (Lipinski definition) is 5. The van der Waals surface area contributed by atoms with Gasteiger partial charge in [-0.05, 0) is 99.5 Å². The first-order valence-electron chi connectivity index (χ1n) is 28.6. The molecule has 3 aromatic carbocycles. The number of piperidine rings is 1. The van der Waals surface area contributed by atoms with Crippen molar-refractivity contribution in [1.82, 2.24) is 45.2 Å². The summed E-state index contributed by atoms with van der Waals surface area (Å²) in [7, 11) is 1.54. The fourth-order valence-electron chi connectivity index (χ4n) is 11.1. The van der Waals surface area contributed by atoms with Crippen LogP contribution in [0.2, 0.25) is 5.02 Å². The first kappa shape index (κ1) is 60.8. The van der Waals surface area contributed by atoms with E-state index in [0.717, 1.165) is 112 Å². The maximum absolute atomic E-state index is 14.1. The highest BCUT2D eigenvalue weighted by Gasteiger charge is 2.44. The molecule has 0 unspecified atom stereocenters. The van der Waals surface area contributed by atoms with Gasteiger partial charge in [0.25, 0.3) is 0 Å². The summed E-state index contributed by atoms with van der Waals surface area (Å²) < 4.78 is 19.4. The van der Waals surface area contributed by atoms with Crippen LogP contribution >= 0.6 is 22.9 Å². The van der Waals surface area contributed by atoms with Crippen molar-refractivity contribution < 1.29 is 38.2 Å². The molecule has 436 valence electrons. The molecule has 5 aromatic rings. The highest BCUT2D eigenvalue weighted by atomic mass is 35.5. The van der Waals surface area contributed by atoms with Gasteiger partial charge in [-0.25, -0.2) is 19.3 Å². The Morgan fingerprint density at radius 1 is 0.852 bits per heavy atom. The number of halogens is 2. The summed E-state index contributed by atoms with van der Waals surface area (Å²) in [4.78, 5) is 89.8. The van der Waals surface area contributed by atoms with E-state index >= 15 is 0 Å². The molecule has 0 saturated carbocycles. The van der Waals surface area contributed by atoms with E-state index in [9.17, 15) is 33.5 Å². The predicted molar refractivity (Wildman–Crippen MR) is 315 cm³/mol. The second-order valence-electron chi connectivity index (χ2n) is 22.8. The molecule has 3 aliphatic heterocycles. The van der Waals surface area contributed by atoms with Gasteiger partial charge < -0.3 is 45.8 Å². The Morgan fingerprint density at radius 2 is 1.56 bits per heavy atom. The highest BCUT2D eigenvalue weighted by Crippen LogP contribution is 2.35. The Balaban J connectivity index is 0.665. The monoisotopic (exact) mass is 1150 g/mol. The zero-order chi connectivity index (χ0) is 57.6. The number of fused-ring (bicyclic) bond motifs is 1. The maximum Gasteiger partial charge on any atom is 0.246 e. The quantitative estimate of drug-likeness (QED) is 0.0366. The van der Waals surface area contributed by atoms with E-state index in [0.29, 0.717) is 65.6 Å². The standard InChI is InChI=1S/C60H79ClFN11O7S/c1-39-55(81-38-66-39)41-18-16-40(17-19-41)35-63-58(78)50-32-44(74)36-73(50)59(79)56(60(2,3)4)69-53(76)13-10-8-6-7-9-11-15-54(77)72-29-27-71(28-30-72)43-22-25-70(26-23-43)24-12-14-52(75)68-49-33-45-48(34-51(49)80-5)64-37-65-57(45)67-42-20-21-47(62)46(61)31-42/h16-21,31,33-34,37-38,43-44,50,56,74H,6-15,22-30,32,35-36H2,1-5H3,(H,63,78)(H,68,75)(H,69,76)(H,64,65,67)/t44-,50+,56-/m1/s1. The van der Waals surface area contributed by atoms with Crippen molar-refractivity contribution in [3.8, 4) is 16.2 Å². The lowest BCUT2D eigenvalue weighted by atomic mass is 9.85. The number of amides is 5. The number of hydrogen-bond acceptors (Lipinski definition) is 14. The lowest BCUT2D eigenvalue weighted by Gasteiger charge is -2.42. The van der Waals surface area contributed by atoms with Gasteiger partial charge in [0.2, 0.25) is 29.5 Å². The minimum Gasteiger partial charge on any atom is -0.494 e. The largest absolute Gasteiger partial charge is 0.494 e. The number of nitrogens with zero attached hydrogens (tertiary/aromatic N) is 7. The Kier molecular flexibility index (Phi) is 21.4. The molecule has 18 nitrogen and oxygen atoms in total. The number of ether oxygens (including phenoxy) is 1. The topological polar surface area (TPSA) is 215 Å². The van der Waals surface area contributed by atoms with Crippen LogP contribution in [0, 0.1) is 18.2 Å². The Morgan fingerprint density at radius 3 is 2.23 bits per heavy atom. The molecule has 5 N–H and O–H groups in total. The number of aryl methyl sites for hydroxylation is 1. The number of aromatic nitrogens is 3. The summed E-state index contributed by atoms with van der Waals surface area (Å²) in [6, 6.07) is 14.5. The molecule has 0 bridgehead atoms. The number of aliphatic hydroxyl groups excluding tert-OH is 1. The minimum atomic E-state index is -0.870. The van der Waals surface area contributed by atoms with Crippen molar-refractivity contribution in [2.75, 3.05) is 70.1 Å². The van der Waals surface area contributed by atoms with Gasteiger partial charge in [-0.3, -0.25) is 28.9 Å². The highest BCUT2D eigenvalue weighted by molar-refractivity contribution is 7.13. The third-order valence-electron chi connectivity index (χ3n) is 15.8. The SMILES string of the molecule is COc1cc2ncnc(Nc3ccc(F)c(Cl)c3)c2cc1NC(=O)CCCN1CCC(N2CCN(C(=O)CCCCCCCCC(=O)N[C@H](C(=O)N3C[C@H](O)C[C@H]3C(=O)NCc3ccc(-c4scnc4C)cc3)C(C)(C)C)CC2)CC1. The smallest absolute Gasteiger partial charge is 0.246 e. The van der Waals surface area contributed by atoms with Gasteiger partial charge in [0.05, 0.1) is 45.5 Å². The average molecular weight is 1150 g/mol. The number of β-amino-alcohol motifs (C(OH)–C–C–N with tert-alkyl or cyclic N) is 1. The number of thiazole rings is 1. The number of methoxy groups -OCH3 is 1. The molecule has 3 atom stereocenters. The van der Waals surface area contributed by atoms with Gasteiger partial charge in [-0.15, -0.1) is 11.3 Å². The van der Waals surface area contributed by atoms with Gasteiger partial charge in [0, 0.05) is 88.1 Å². The maximum atomic E-state index is 14.1. The molecule has 3 saturated heterocycles. The summed E-state index contributed by atoms with van der Waals surface area (Å²) >= 11 is 7.57. The second-order valence-corrected chi connectivity index (χ2v) is 24.0. The van der Waals surface area contributed by atoms with E-state index in [-0.39, 0.29) is 60.5 Å². The molecule has 3 fully saturated rings. The van der Waals surface area contributed by atoms with Crippen molar-refractivity contribution in [3.63, 3.8) is 0 Å². The number of aliphatic hydroxyl groups is 1. The molecule has 0 spiro atoms. The van der Waals surface area contributed by atoms with E-state index in [4.69, 9.17) is 16.3 Å². The number of piperazine rings is 1. The minimum absolute atomic E-state index is 0.0150. The van der Waals surface area contributed by atoms with Crippen LogP contribution in [-0.4, -0.2) is 153 Å². The lowest BCUT2D eigenvalue weighted by Crippen LogP contribution is -2.57. The average Bonchev–Trinajstić information content (AvgIpc) is 4.15. The summed E-state index contributed by atoms with van der Waals surface area (Å²) in [5.41, 5.74) is 5.78. The third-order valence-corrected chi connectivity index (χ3v) is 17.1. The first-order chi connectivity index (χ1) is 38.9. The van der Waals surface area contributed by atoms with Gasteiger partial charge in [-0.1, -0.05) is 82.3 Å². The number of rotatable bonds is 24. The number of carbonyl (C=O) groups is 5. The summed E-state index contributed by atoms with van der Waals surface area (Å²) in [5, 5.41) is 23.4. The Labute approximate surface area is 483 Å². The van der Waals surface area contributed by atoms with Gasteiger partial charge in [0.15, 0.2) is 0 Å². The molecule has 0 radical (unpaired) electrons. The number of benzene rings is 3. The molecule has 81 heavy (non-hydrogen) atoms. The Hall–Kier alpha value is -6.32. The van der Waals surface area contributed by atoms with E-state index < -0.39 is 29.4 Å². The molecule has 5 heterocycles. The number of likely N-dealkylation sites (tertiary alicyclic amines) is 2. The predicted octanol–water partition coefficient (Wildman–Crippen LogP) is 8.86. The molecule has 0 aliphatic carbocycles. The molecule has 2 aromatic heterocycles. The third kappa shape index (κ3) is 16.7. The molecular weight excluding hydrogens is 1070 g/mol. The van der Waals surface area contributed by atoms with Crippen LogP contribution < -0.4 is 26.0 Å². The van der Waals surface area contributed by atoms with Crippen LogP contribution in [0.3, 0.4) is 0 Å². The van der Waals surface area contributed by atoms with Crippen LogP contribution in [0.15, 0.2) is 66.4 Å². The zero-order valence-corrected chi connectivity index (χ0v) is 49.0. The summed E-state index contributed by atoms with van der Waals surface area (Å²) in [6.45, 7) is 13.9. The molecular formula is C60H79ClFN11O7S. The summed E-state index contributed by atoms with van der Waals surface area (Å²) in [6.07, 6.45) is 9.93. The number of anilines is 3. The van der Waals surface area contributed by atoms with Crippen molar-refractivity contribution in [2.45, 2.75) is 142 Å². The number of carbonyl (C=O) groups excluding carboxylic acids is 5. The van der Waals surface area contributed by atoms with E-state index in [1.165, 1.54) is 30.5 Å².